The second-order valence-corrected chi connectivity index (χ2v) is 6.96. The molecule has 0 atom stereocenters. The second-order valence-electron chi connectivity index (χ2n) is 6.55. The first kappa shape index (κ1) is 18.3. The Morgan fingerprint density at radius 2 is 1.93 bits per heavy atom. The van der Waals surface area contributed by atoms with Crippen LogP contribution in [0.5, 0.6) is 0 Å². The zero-order valence-corrected chi connectivity index (χ0v) is 16.2. The van der Waals surface area contributed by atoms with E-state index in [-0.39, 0.29) is 5.91 Å². The van der Waals surface area contributed by atoms with Gasteiger partial charge in [0.2, 0.25) is 5.95 Å². The van der Waals surface area contributed by atoms with Gasteiger partial charge in [0, 0.05) is 17.8 Å². The zero-order chi connectivity index (χ0) is 19.5. The number of carbonyl (C=O) groups excluding carboxylic acids is 1. The third kappa shape index (κ3) is 3.64. The monoisotopic (exact) mass is 393 g/mol. The van der Waals surface area contributed by atoms with Crippen LogP contribution in [0.4, 0.5) is 5.95 Å². The van der Waals surface area contributed by atoms with E-state index in [1.54, 1.807) is 17.1 Å². The molecule has 0 saturated carbocycles. The SMILES string of the molecule is CCCn1c(NC(=O)c2cnn(Cc3ccccc3Cl)c2)nc2ccccc21. The number of imidazole rings is 1. The van der Waals surface area contributed by atoms with E-state index in [4.69, 9.17) is 11.6 Å². The number of rotatable bonds is 6. The Kier molecular flexibility index (Phi) is 5.12. The first-order valence-corrected chi connectivity index (χ1v) is 9.56. The number of benzene rings is 2. The quantitative estimate of drug-likeness (QED) is 0.520. The summed E-state index contributed by atoms with van der Waals surface area (Å²) in [5, 5.41) is 7.89. The summed E-state index contributed by atoms with van der Waals surface area (Å²) in [5.41, 5.74) is 3.29. The number of fused-ring (bicyclic) bond motifs is 1. The zero-order valence-electron chi connectivity index (χ0n) is 15.5. The third-order valence-corrected chi connectivity index (χ3v) is 4.88. The molecule has 2 aromatic heterocycles. The van der Waals surface area contributed by atoms with E-state index >= 15 is 0 Å². The molecule has 2 heterocycles. The number of aryl methyl sites for hydroxylation is 1. The smallest absolute Gasteiger partial charge is 0.261 e. The molecule has 7 heteroatoms. The number of anilines is 1. The Bertz CT molecular complexity index is 1130. The minimum atomic E-state index is -0.238. The van der Waals surface area contributed by atoms with Crippen molar-refractivity contribution >= 4 is 34.5 Å². The van der Waals surface area contributed by atoms with Gasteiger partial charge >= 0.3 is 0 Å². The summed E-state index contributed by atoms with van der Waals surface area (Å²) in [6, 6.07) is 15.5. The minimum absolute atomic E-state index is 0.238. The number of para-hydroxylation sites is 2. The van der Waals surface area contributed by atoms with Gasteiger partial charge in [0.05, 0.1) is 29.3 Å². The normalized spacial score (nSPS) is 11.1. The first-order valence-electron chi connectivity index (χ1n) is 9.18. The fourth-order valence-corrected chi connectivity index (χ4v) is 3.36. The van der Waals surface area contributed by atoms with Gasteiger partial charge in [-0.3, -0.25) is 14.8 Å². The highest BCUT2D eigenvalue weighted by atomic mass is 35.5. The van der Waals surface area contributed by atoms with E-state index in [9.17, 15) is 4.79 Å². The molecule has 0 radical (unpaired) electrons. The predicted molar refractivity (Wildman–Crippen MR) is 111 cm³/mol. The highest BCUT2D eigenvalue weighted by Gasteiger charge is 2.15. The van der Waals surface area contributed by atoms with Crippen molar-refractivity contribution in [2.24, 2.45) is 0 Å². The van der Waals surface area contributed by atoms with Crippen molar-refractivity contribution in [2.75, 3.05) is 5.32 Å². The second kappa shape index (κ2) is 7.86. The molecule has 1 N–H and O–H groups in total. The van der Waals surface area contributed by atoms with Gasteiger partial charge in [-0.2, -0.15) is 5.10 Å². The highest BCUT2D eigenvalue weighted by molar-refractivity contribution is 6.31. The lowest BCUT2D eigenvalue weighted by molar-refractivity contribution is 0.102. The number of aromatic nitrogens is 4. The number of nitrogens with one attached hydrogen (secondary N) is 1. The summed E-state index contributed by atoms with van der Waals surface area (Å²) >= 11 is 6.21. The molecule has 0 spiro atoms. The Hall–Kier alpha value is -3.12. The summed E-state index contributed by atoms with van der Waals surface area (Å²) in [4.78, 5) is 17.3. The van der Waals surface area contributed by atoms with Crippen LogP contribution in [0.2, 0.25) is 5.02 Å². The Morgan fingerprint density at radius 3 is 2.75 bits per heavy atom. The van der Waals surface area contributed by atoms with Crippen molar-refractivity contribution in [3.8, 4) is 0 Å². The van der Waals surface area contributed by atoms with Gasteiger partial charge in [-0.1, -0.05) is 48.9 Å². The lowest BCUT2D eigenvalue weighted by atomic mass is 10.2. The van der Waals surface area contributed by atoms with Crippen molar-refractivity contribution in [3.05, 3.63) is 77.1 Å². The Labute approximate surface area is 167 Å². The minimum Gasteiger partial charge on any atom is -0.310 e. The van der Waals surface area contributed by atoms with Gasteiger partial charge in [0.25, 0.3) is 5.91 Å². The topological polar surface area (TPSA) is 64.7 Å². The summed E-state index contributed by atoms with van der Waals surface area (Å²) < 4.78 is 3.73. The predicted octanol–water partition coefficient (Wildman–Crippen LogP) is 4.60. The van der Waals surface area contributed by atoms with Gasteiger partial charge in [-0.25, -0.2) is 4.98 Å². The summed E-state index contributed by atoms with van der Waals surface area (Å²) in [5.74, 6) is 0.310. The molecule has 6 nitrogen and oxygen atoms in total. The number of halogens is 1. The molecule has 0 bridgehead atoms. The number of carbonyl (C=O) groups is 1. The molecule has 4 aromatic rings. The van der Waals surface area contributed by atoms with Gasteiger partial charge in [-0.05, 0) is 30.2 Å². The maximum atomic E-state index is 12.7. The van der Waals surface area contributed by atoms with E-state index < -0.39 is 0 Å². The van der Waals surface area contributed by atoms with Gasteiger partial charge in [0.1, 0.15) is 0 Å². The van der Waals surface area contributed by atoms with Crippen molar-refractivity contribution in [2.45, 2.75) is 26.4 Å². The summed E-state index contributed by atoms with van der Waals surface area (Å²) in [6.45, 7) is 3.38. The fourth-order valence-electron chi connectivity index (χ4n) is 3.16. The number of amides is 1. The summed E-state index contributed by atoms with van der Waals surface area (Å²) in [7, 11) is 0. The first-order chi connectivity index (χ1) is 13.7. The van der Waals surface area contributed by atoms with Crippen molar-refractivity contribution < 1.29 is 4.79 Å². The molecule has 0 unspecified atom stereocenters. The van der Waals surface area contributed by atoms with Crippen molar-refractivity contribution in [3.63, 3.8) is 0 Å². The molecule has 0 aliphatic rings. The van der Waals surface area contributed by atoms with Crippen LogP contribution in [-0.2, 0) is 13.1 Å². The van der Waals surface area contributed by atoms with Crippen LogP contribution in [0.3, 0.4) is 0 Å². The average Bonchev–Trinajstić information content (AvgIpc) is 3.29. The lowest BCUT2D eigenvalue weighted by Crippen LogP contribution is -2.15. The summed E-state index contributed by atoms with van der Waals surface area (Å²) in [6.07, 6.45) is 4.21. The Morgan fingerprint density at radius 1 is 1.14 bits per heavy atom. The van der Waals surface area contributed by atoms with Crippen LogP contribution in [0.1, 0.15) is 29.3 Å². The van der Waals surface area contributed by atoms with Crippen molar-refractivity contribution in [1.82, 2.24) is 19.3 Å². The highest BCUT2D eigenvalue weighted by Crippen LogP contribution is 2.21. The molecule has 0 aliphatic carbocycles. The van der Waals surface area contributed by atoms with Gasteiger partial charge in [-0.15, -0.1) is 0 Å². The van der Waals surface area contributed by atoms with Crippen LogP contribution in [0.15, 0.2) is 60.9 Å². The van der Waals surface area contributed by atoms with E-state index in [0.29, 0.717) is 23.1 Å². The van der Waals surface area contributed by atoms with Crippen molar-refractivity contribution in [1.29, 1.82) is 0 Å². The number of hydrogen-bond donors (Lipinski definition) is 1. The van der Waals surface area contributed by atoms with Crippen LogP contribution in [-0.4, -0.2) is 25.2 Å². The van der Waals surface area contributed by atoms with Crippen LogP contribution < -0.4 is 5.32 Å². The van der Waals surface area contributed by atoms with E-state index in [1.165, 1.54) is 0 Å². The molecule has 4 rings (SSSR count). The molecule has 28 heavy (non-hydrogen) atoms. The fraction of sp³-hybridized carbons (Fsp3) is 0.190. The van der Waals surface area contributed by atoms with Crippen LogP contribution >= 0.6 is 11.6 Å². The molecule has 0 fully saturated rings. The maximum absolute atomic E-state index is 12.7. The molecule has 142 valence electrons. The van der Waals surface area contributed by atoms with Gasteiger partial charge < -0.3 is 4.57 Å². The standard InChI is InChI=1S/C21H20ClN5O/c1-2-11-27-19-10-6-5-9-18(19)24-21(27)25-20(28)16-12-23-26(14-16)13-15-7-3-4-8-17(15)22/h3-10,12,14H,2,11,13H2,1H3,(H,24,25,28). The molecule has 0 aliphatic heterocycles. The average molecular weight is 394 g/mol. The number of hydrogen-bond acceptors (Lipinski definition) is 3. The third-order valence-electron chi connectivity index (χ3n) is 4.51. The van der Waals surface area contributed by atoms with E-state index in [0.717, 1.165) is 29.6 Å². The van der Waals surface area contributed by atoms with E-state index in [1.807, 2.05) is 53.1 Å². The molecular weight excluding hydrogens is 374 g/mol. The molecule has 0 saturated heterocycles. The largest absolute Gasteiger partial charge is 0.310 e. The molecular formula is C21H20ClN5O. The van der Waals surface area contributed by atoms with Crippen LogP contribution in [0, 0.1) is 0 Å². The van der Waals surface area contributed by atoms with E-state index in [2.05, 4.69) is 22.3 Å². The lowest BCUT2D eigenvalue weighted by Gasteiger charge is -2.08. The van der Waals surface area contributed by atoms with Gasteiger partial charge in [0.15, 0.2) is 0 Å². The molecule has 2 aromatic carbocycles. The Balaban J connectivity index is 1.55. The van der Waals surface area contributed by atoms with Crippen LogP contribution in [0.25, 0.3) is 11.0 Å². The number of nitrogens with zero attached hydrogens (tertiary/aromatic N) is 4. The molecule has 1 amide bonds. The maximum Gasteiger partial charge on any atom is 0.261 e.